The number of carbonyl (C=O) groups is 1. The first-order valence-electron chi connectivity index (χ1n) is 5.71. The molecule has 0 aliphatic rings. The molecule has 0 heterocycles. The van der Waals surface area contributed by atoms with Crippen LogP contribution in [0.5, 0.6) is 5.75 Å². The van der Waals surface area contributed by atoms with Gasteiger partial charge in [0.25, 0.3) is 0 Å². The lowest BCUT2D eigenvalue weighted by atomic mass is 10.0. The van der Waals surface area contributed by atoms with Gasteiger partial charge >= 0.3 is 5.97 Å². The van der Waals surface area contributed by atoms with Gasteiger partial charge in [-0.1, -0.05) is 59.0 Å². The fourth-order valence-corrected chi connectivity index (χ4v) is 2.32. The summed E-state index contributed by atoms with van der Waals surface area (Å²) in [5, 5.41) is 1.20. The molecule has 0 unspecified atom stereocenters. The molecule has 0 saturated carbocycles. The maximum atomic E-state index is 11.5. The number of halogens is 4. The number of esters is 1. The SMILES string of the molecule is C=CC(=O)Oc1c(-c2ccc(Cl)c(Cl)c2)ccc(Cl)c1Cl. The van der Waals surface area contributed by atoms with Gasteiger partial charge in [0.15, 0.2) is 5.75 Å². The molecule has 0 aromatic heterocycles. The van der Waals surface area contributed by atoms with E-state index in [1.807, 2.05) is 0 Å². The van der Waals surface area contributed by atoms with Crippen LogP contribution in [0.4, 0.5) is 0 Å². The van der Waals surface area contributed by atoms with Gasteiger partial charge < -0.3 is 4.74 Å². The Kier molecular flexibility index (Phi) is 5.17. The molecule has 0 spiro atoms. The Morgan fingerprint density at radius 2 is 1.67 bits per heavy atom. The van der Waals surface area contributed by atoms with Crippen molar-refractivity contribution in [3.8, 4) is 16.9 Å². The van der Waals surface area contributed by atoms with Crippen molar-refractivity contribution in [2.75, 3.05) is 0 Å². The van der Waals surface area contributed by atoms with Crippen molar-refractivity contribution in [3.63, 3.8) is 0 Å². The Morgan fingerprint density at radius 1 is 1.00 bits per heavy atom. The summed E-state index contributed by atoms with van der Waals surface area (Å²) in [7, 11) is 0. The van der Waals surface area contributed by atoms with Gasteiger partial charge in [0.2, 0.25) is 0 Å². The number of hydrogen-bond acceptors (Lipinski definition) is 2. The summed E-state index contributed by atoms with van der Waals surface area (Å²) in [5.41, 5.74) is 1.26. The summed E-state index contributed by atoms with van der Waals surface area (Å²) in [6.45, 7) is 3.35. The van der Waals surface area contributed by atoms with E-state index in [0.717, 1.165) is 6.08 Å². The average molecular weight is 362 g/mol. The first-order chi connectivity index (χ1) is 9.93. The van der Waals surface area contributed by atoms with Crippen LogP contribution in [0.1, 0.15) is 0 Å². The molecule has 2 aromatic rings. The maximum Gasteiger partial charge on any atom is 0.335 e. The topological polar surface area (TPSA) is 26.3 Å². The van der Waals surface area contributed by atoms with Crippen molar-refractivity contribution in [1.82, 2.24) is 0 Å². The van der Waals surface area contributed by atoms with Gasteiger partial charge in [-0.25, -0.2) is 4.79 Å². The van der Waals surface area contributed by atoms with E-state index in [4.69, 9.17) is 51.1 Å². The highest BCUT2D eigenvalue weighted by Gasteiger charge is 2.17. The van der Waals surface area contributed by atoms with Crippen LogP contribution in [-0.2, 0) is 4.79 Å². The molecule has 108 valence electrons. The lowest BCUT2D eigenvalue weighted by Gasteiger charge is -2.12. The summed E-state index contributed by atoms with van der Waals surface area (Å²) in [6.07, 6.45) is 1.04. The smallest absolute Gasteiger partial charge is 0.335 e. The summed E-state index contributed by atoms with van der Waals surface area (Å²) < 4.78 is 5.18. The molecule has 2 rings (SSSR count). The van der Waals surface area contributed by atoms with Crippen LogP contribution in [0, 0.1) is 0 Å². The number of ether oxygens (including phenoxy) is 1. The molecular formula is C15H8Cl4O2. The normalized spacial score (nSPS) is 10.3. The molecule has 0 aliphatic carbocycles. The number of carbonyl (C=O) groups excluding carboxylic acids is 1. The first-order valence-corrected chi connectivity index (χ1v) is 7.23. The molecule has 2 nitrogen and oxygen atoms in total. The fraction of sp³-hybridized carbons (Fsp3) is 0. The second-order valence-electron chi connectivity index (χ2n) is 3.99. The third kappa shape index (κ3) is 3.53. The molecule has 0 bridgehead atoms. The summed E-state index contributed by atoms with van der Waals surface area (Å²) in [4.78, 5) is 11.5. The Bertz CT molecular complexity index is 726. The summed E-state index contributed by atoms with van der Waals surface area (Å²) >= 11 is 24.0. The lowest BCUT2D eigenvalue weighted by Crippen LogP contribution is -2.05. The number of hydrogen-bond donors (Lipinski definition) is 0. The van der Waals surface area contributed by atoms with Gasteiger partial charge in [-0.15, -0.1) is 0 Å². The van der Waals surface area contributed by atoms with Gasteiger partial charge in [0, 0.05) is 11.6 Å². The van der Waals surface area contributed by atoms with E-state index in [1.165, 1.54) is 0 Å². The average Bonchev–Trinajstić information content (AvgIpc) is 2.47. The zero-order valence-corrected chi connectivity index (χ0v) is 13.5. The van der Waals surface area contributed by atoms with Gasteiger partial charge in [0.05, 0.1) is 15.1 Å². The van der Waals surface area contributed by atoms with Crippen molar-refractivity contribution in [2.24, 2.45) is 0 Å². The highest BCUT2D eigenvalue weighted by Crippen LogP contribution is 2.41. The third-order valence-corrected chi connectivity index (χ3v) is 4.18. The molecule has 2 aromatic carbocycles. The fourth-order valence-electron chi connectivity index (χ4n) is 1.67. The monoisotopic (exact) mass is 360 g/mol. The number of rotatable bonds is 3. The molecule has 0 aliphatic heterocycles. The van der Waals surface area contributed by atoms with Crippen LogP contribution < -0.4 is 4.74 Å². The van der Waals surface area contributed by atoms with E-state index >= 15 is 0 Å². The van der Waals surface area contributed by atoms with Crippen molar-refractivity contribution in [1.29, 1.82) is 0 Å². The highest BCUT2D eigenvalue weighted by molar-refractivity contribution is 6.43. The molecule has 21 heavy (non-hydrogen) atoms. The maximum absolute atomic E-state index is 11.5. The van der Waals surface area contributed by atoms with Gasteiger partial charge in [-0.3, -0.25) is 0 Å². The Hall–Kier alpha value is -1.19. The Labute approximate surface area is 141 Å². The third-order valence-electron chi connectivity index (χ3n) is 2.65. The van der Waals surface area contributed by atoms with Crippen molar-refractivity contribution in [2.45, 2.75) is 0 Å². The van der Waals surface area contributed by atoms with Crippen molar-refractivity contribution < 1.29 is 9.53 Å². The van der Waals surface area contributed by atoms with Crippen molar-refractivity contribution >= 4 is 52.4 Å². The molecule has 0 fully saturated rings. The minimum Gasteiger partial charge on any atom is -0.421 e. The molecule has 0 atom stereocenters. The Morgan fingerprint density at radius 3 is 2.29 bits per heavy atom. The molecule has 0 N–H and O–H groups in total. The predicted octanol–water partition coefficient (Wildman–Crippen LogP) is 6.06. The van der Waals surface area contributed by atoms with E-state index in [9.17, 15) is 4.79 Å². The lowest BCUT2D eigenvalue weighted by molar-refractivity contribution is -0.128. The first kappa shape index (κ1) is 16.2. The van der Waals surface area contributed by atoms with Crippen LogP contribution >= 0.6 is 46.4 Å². The standard InChI is InChI=1S/C15H8Cl4O2/c1-2-13(20)21-15-9(4-6-11(17)14(15)19)8-3-5-10(16)12(18)7-8/h2-7H,1H2. The predicted molar refractivity (Wildman–Crippen MR) is 87.8 cm³/mol. The van der Waals surface area contributed by atoms with E-state index < -0.39 is 5.97 Å². The van der Waals surface area contributed by atoms with Crippen LogP contribution in [0.15, 0.2) is 43.0 Å². The minimum atomic E-state index is -0.638. The van der Waals surface area contributed by atoms with Crippen LogP contribution in [-0.4, -0.2) is 5.97 Å². The van der Waals surface area contributed by atoms with Gasteiger partial charge in [-0.05, 0) is 29.8 Å². The summed E-state index contributed by atoms with van der Waals surface area (Å²) in [5.74, 6) is -0.493. The van der Waals surface area contributed by atoms with E-state index in [1.54, 1.807) is 30.3 Å². The van der Waals surface area contributed by atoms with Gasteiger partial charge in [-0.2, -0.15) is 0 Å². The molecule has 0 radical (unpaired) electrons. The minimum absolute atomic E-state index is 0.135. The van der Waals surface area contributed by atoms with Gasteiger partial charge in [0.1, 0.15) is 5.02 Å². The van der Waals surface area contributed by atoms with Crippen LogP contribution in [0.3, 0.4) is 0 Å². The zero-order valence-electron chi connectivity index (χ0n) is 10.5. The zero-order chi connectivity index (χ0) is 15.6. The van der Waals surface area contributed by atoms with Crippen LogP contribution in [0.2, 0.25) is 20.1 Å². The number of benzene rings is 2. The second kappa shape index (κ2) is 6.71. The van der Waals surface area contributed by atoms with E-state index in [-0.39, 0.29) is 15.8 Å². The largest absolute Gasteiger partial charge is 0.421 e. The molecule has 0 saturated heterocycles. The van der Waals surface area contributed by atoms with Crippen molar-refractivity contribution in [3.05, 3.63) is 63.1 Å². The summed E-state index contributed by atoms with van der Waals surface area (Å²) in [6, 6.07) is 8.31. The van der Waals surface area contributed by atoms with Crippen LogP contribution in [0.25, 0.3) is 11.1 Å². The molecule has 6 heteroatoms. The molecular weight excluding hydrogens is 354 g/mol. The van der Waals surface area contributed by atoms with E-state index in [2.05, 4.69) is 6.58 Å². The van der Waals surface area contributed by atoms with E-state index in [0.29, 0.717) is 21.2 Å². The molecule has 0 amide bonds. The Balaban J connectivity index is 2.61. The quantitative estimate of drug-likeness (QED) is 0.377. The second-order valence-corrected chi connectivity index (χ2v) is 5.59. The highest BCUT2D eigenvalue weighted by atomic mass is 35.5.